The summed E-state index contributed by atoms with van der Waals surface area (Å²) in [6, 6.07) is 16.9. The molecule has 1 aromatic heterocycles. The molecule has 0 atom stereocenters. The first kappa shape index (κ1) is 26.2. The molecule has 7 heteroatoms. The summed E-state index contributed by atoms with van der Waals surface area (Å²) in [4.78, 5) is 12.1. The van der Waals surface area contributed by atoms with Crippen LogP contribution in [0.5, 0.6) is 11.5 Å². The maximum Gasteiger partial charge on any atom is 0.310 e. The Kier molecular flexibility index (Phi) is 8.14. The van der Waals surface area contributed by atoms with Crippen molar-refractivity contribution < 1.29 is 23.4 Å². The molecule has 4 rings (SSSR count). The molecule has 0 spiro atoms. The van der Waals surface area contributed by atoms with Crippen molar-refractivity contribution in [2.45, 2.75) is 46.4 Å². The summed E-state index contributed by atoms with van der Waals surface area (Å²) in [6.07, 6.45) is 2.11. The first-order valence-corrected chi connectivity index (χ1v) is 12.4. The minimum Gasteiger partial charge on any atom is -0.497 e. The zero-order valence-corrected chi connectivity index (χ0v) is 21.7. The summed E-state index contributed by atoms with van der Waals surface area (Å²) < 4.78 is 34.2. The topological polar surface area (TPSA) is 75.7 Å². The van der Waals surface area contributed by atoms with E-state index in [9.17, 15) is 4.79 Å². The second kappa shape index (κ2) is 11.5. The third kappa shape index (κ3) is 5.62. The molecule has 0 bridgehead atoms. The van der Waals surface area contributed by atoms with Gasteiger partial charge in [-0.15, -0.1) is 0 Å². The fourth-order valence-corrected chi connectivity index (χ4v) is 4.49. The van der Waals surface area contributed by atoms with Gasteiger partial charge in [0, 0.05) is 52.4 Å². The normalized spacial score (nSPS) is 11.2. The van der Waals surface area contributed by atoms with Crippen LogP contribution in [-0.4, -0.2) is 24.3 Å². The summed E-state index contributed by atoms with van der Waals surface area (Å²) in [5.41, 5.74) is 10.1. The number of aromatic nitrogens is 1. The first-order valence-electron chi connectivity index (χ1n) is 12.4. The van der Waals surface area contributed by atoms with E-state index in [4.69, 9.17) is 19.9 Å². The Bertz CT molecular complexity index is 1410. The first-order chi connectivity index (χ1) is 17.9. The number of rotatable bonds is 10. The molecule has 0 aliphatic heterocycles. The standard InChI is InChI=1S/C30H33FN2O4/c1-5-36-29(34)15-21-9-10-23(35-4)16-28(21)37-18-20-13-26(25-8-6-7-22(17-32)30(25)31)24-11-12-33(19(2)3)27(24)14-20/h6-14,16,19H,5,15,17-18,32H2,1-4H3. The Morgan fingerprint density at radius 3 is 2.57 bits per heavy atom. The van der Waals surface area contributed by atoms with E-state index in [0.717, 1.165) is 22.0 Å². The zero-order chi connectivity index (χ0) is 26.5. The number of methoxy groups -OCH3 is 1. The van der Waals surface area contributed by atoms with Crippen molar-refractivity contribution in [1.29, 1.82) is 0 Å². The van der Waals surface area contributed by atoms with E-state index in [2.05, 4.69) is 24.5 Å². The van der Waals surface area contributed by atoms with Crippen LogP contribution in [0.1, 0.15) is 43.5 Å². The van der Waals surface area contributed by atoms with Crippen molar-refractivity contribution in [3.63, 3.8) is 0 Å². The van der Waals surface area contributed by atoms with Crippen LogP contribution < -0.4 is 15.2 Å². The van der Waals surface area contributed by atoms with Gasteiger partial charge in [0.2, 0.25) is 0 Å². The maximum absolute atomic E-state index is 15.4. The highest BCUT2D eigenvalue weighted by atomic mass is 19.1. The molecule has 0 amide bonds. The Morgan fingerprint density at radius 1 is 1.05 bits per heavy atom. The molecule has 0 saturated carbocycles. The average molecular weight is 505 g/mol. The van der Waals surface area contributed by atoms with Crippen LogP contribution in [0, 0.1) is 5.82 Å². The van der Waals surface area contributed by atoms with Gasteiger partial charge in [0.1, 0.15) is 23.9 Å². The van der Waals surface area contributed by atoms with E-state index in [-0.39, 0.29) is 37.4 Å². The summed E-state index contributed by atoms with van der Waals surface area (Å²) in [5, 5.41) is 0.954. The number of hydrogen-bond acceptors (Lipinski definition) is 5. The van der Waals surface area contributed by atoms with Crippen LogP contribution in [0.2, 0.25) is 0 Å². The molecule has 0 fully saturated rings. The summed E-state index contributed by atoms with van der Waals surface area (Å²) in [5.74, 6) is 0.509. The lowest BCUT2D eigenvalue weighted by atomic mass is 9.96. The lowest BCUT2D eigenvalue weighted by Crippen LogP contribution is -2.09. The molecule has 37 heavy (non-hydrogen) atoms. The predicted octanol–water partition coefficient (Wildman–Crippen LogP) is 6.18. The van der Waals surface area contributed by atoms with E-state index >= 15 is 4.39 Å². The number of halogens is 1. The quantitative estimate of drug-likeness (QED) is 0.261. The van der Waals surface area contributed by atoms with Crippen LogP contribution in [-0.2, 0) is 29.1 Å². The van der Waals surface area contributed by atoms with Gasteiger partial charge in [0.05, 0.1) is 20.1 Å². The minimum atomic E-state index is -0.328. The third-order valence-corrected chi connectivity index (χ3v) is 6.35. The molecule has 2 N–H and O–H groups in total. The van der Waals surface area contributed by atoms with E-state index in [1.165, 1.54) is 0 Å². The Balaban J connectivity index is 1.76. The highest BCUT2D eigenvalue weighted by Crippen LogP contribution is 2.35. The third-order valence-electron chi connectivity index (χ3n) is 6.35. The predicted molar refractivity (Wildman–Crippen MR) is 143 cm³/mol. The molecule has 0 saturated heterocycles. The van der Waals surface area contributed by atoms with E-state index in [1.54, 1.807) is 44.4 Å². The second-order valence-corrected chi connectivity index (χ2v) is 9.12. The largest absolute Gasteiger partial charge is 0.497 e. The van der Waals surface area contributed by atoms with Gasteiger partial charge < -0.3 is 24.5 Å². The lowest BCUT2D eigenvalue weighted by molar-refractivity contribution is -0.142. The Labute approximate surface area is 216 Å². The molecular weight excluding hydrogens is 471 g/mol. The number of ether oxygens (including phenoxy) is 3. The smallest absolute Gasteiger partial charge is 0.310 e. The SMILES string of the molecule is CCOC(=O)Cc1ccc(OC)cc1OCc1cc(-c2cccc(CN)c2F)c2ccn(C(C)C)c2c1. The van der Waals surface area contributed by atoms with Gasteiger partial charge in [0.15, 0.2) is 0 Å². The molecule has 0 unspecified atom stereocenters. The highest BCUT2D eigenvalue weighted by molar-refractivity contribution is 5.96. The van der Waals surface area contributed by atoms with Crippen LogP contribution in [0.4, 0.5) is 4.39 Å². The van der Waals surface area contributed by atoms with Crippen LogP contribution >= 0.6 is 0 Å². The molecule has 3 aromatic carbocycles. The van der Waals surface area contributed by atoms with Gasteiger partial charge in [-0.25, -0.2) is 4.39 Å². The summed E-state index contributed by atoms with van der Waals surface area (Å²) in [6.45, 7) is 6.64. The van der Waals surface area contributed by atoms with Crippen LogP contribution in [0.3, 0.4) is 0 Å². The lowest BCUT2D eigenvalue weighted by Gasteiger charge is -2.16. The number of hydrogen-bond donors (Lipinski definition) is 1. The van der Waals surface area contributed by atoms with Crippen LogP contribution in [0.15, 0.2) is 60.8 Å². The van der Waals surface area contributed by atoms with Crippen molar-refractivity contribution in [2.75, 3.05) is 13.7 Å². The molecular formula is C30H33FN2O4. The van der Waals surface area contributed by atoms with Gasteiger partial charge in [-0.3, -0.25) is 4.79 Å². The van der Waals surface area contributed by atoms with Gasteiger partial charge in [-0.2, -0.15) is 0 Å². The number of carbonyl (C=O) groups is 1. The van der Waals surface area contributed by atoms with Gasteiger partial charge in [-0.05, 0) is 56.2 Å². The van der Waals surface area contributed by atoms with Crippen molar-refractivity contribution in [1.82, 2.24) is 4.57 Å². The molecule has 194 valence electrons. The van der Waals surface area contributed by atoms with Crippen LogP contribution in [0.25, 0.3) is 22.0 Å². The van der Waals surface area contributed by atoms with Gasteiger partial charge in [-0.1, -0.05) is 24.3 Å². The second-order valence-electron chi connectivity index (χ2n) is 9.12. The van der Waals surface area contributed by atoms with E-state index in [1.807, 2.05) is 24.4 Å². The molecule has 6 nitrogen and oxygen atoms in total. The van der Waals surface area contributed by atoms with Gasteiger partial charge >= 0.3 is 5.97 Å². The molecule has 0 radical (unpaired) electrons. The van der Waals surface area contributed by atoms with Crippen molar-refractivity contribution >= 4 is 16.9 Å². The van der Waals surface area contributed by atoms with Crippen molar-refractivity contribution in [3.05, 3.63) is 83.3 Å². The Morgan fingerprint density at radius 2 is 1.86 bits per heavy atom. The summed E-state index contributed by atoms with van der Waals surface area (Å²) in [7, 11) is 1.58. The number of benzene rings is 3. The monoisotopic (exact) mass is 504 g/mol. The van der Waals surface area contributed by atoms with Crippen molar-refractivity contribution in [3.8, 4) is 22.6 Å². The zero-order valence-electron chi connectivity index (χ0n) is 21.7. The summed E-state index contributed by atoms with van der Waals surface area (Å²) >= 11 is 0. The number of fused-ring (bicyclic) bond motifs is 1. The number of esters is 1. The number of carbonyl (C=O) groups excluding carboxylic acids is 1. The molecule has 0 aliphatic rings. The molecule has 4 aromatic rings. The average Bonchev–Trinajstić information content (AvgIpc) is 3.32. The molecule has 0 aliphatic carbocycles. The van der Waals surface area contributed by atoms with Crippen molar-refractivity contribution in [2.24, 2.45) is 5.73 Å². The van der Waals surface area contributed by atoms with E-state index < -0.39 is 0 Å². The number of nitrogens with two attached hydrogens (primary N) is 1. The minimum absolute atomic E-state index is 0.0880. The maximum atomic E-state index is 15.4. The highest BCUT2D eigenvalue weighted by Gasteiger charge is 2.17. The van der Waals surface area contributed by atoms with E-state index in [0.29, 0.717) is 34.8 Å². The molecule has 1 heterocycles. The fourth-order valence-electron chi connectivity index (χ4n) is 4.49. The Hall–Kier alpha value is -3.84. The van der Waals surface area contributed by atoms with Gasteiger partial charge in [0.25, 0.3) is 0 Å². The number of nitrogens with zero attached hydrogens (tertiary/aromatic N) is 1. The fraction of sp³-hybridized carbons (Fsp3) is 0.300.